The molecule has 1 unspecified atom stereocenters. The van der Waals surface area contributed by atoms with Gasteiger partial charge in [-0.3, -0.25) is 0 Å². The van der Waals surface area contributed by atoms with Crippen molar-refractivity contribution < 1.29 is 0 Å². The van der Waals surface area contributed by atoms with Crippen LogP contribution in [0.3, 0.4) is 0 Å². The molecule has 0 aliphatic carbocycles. The van der Waals surface area contributed by atoms with Crippen LogP contribution in [0, 0.1) is 0 Å². The zero-order valence-electron chi connectivity index (χ0n) is 11.6. The van der Waals surface area contributed by atoms with E-state index in [1.807, 2.05) is 0 Å². The Morgan fingerprint density at radius 3 is 2.61 bits per heavy atom. The van der Waals surface area contributed by atoms with Gasteiger partial charge in [-0.25, -0.2) is 0 Å². The molecule has 1 aromatic carbocycles. The van der Waals surface area contributed by atoms with Crippen molar-refractivity contribution in [3.05, 3.63) is 30.3 Å². The van der Waals surface area contributed by atoms with E-state index in [0.717, 1.165) is 19.6 Å². The van der Waals surface area contributed by atoms with Crippen molar-refractivity contribution in [3.8, 4) is 0 Å². The molecule has 3 nitrogen and oxygen atoms in total. The first-order valence-corrected chi connectivity index (χ1v) is 6.93. The largest absolute Gasteiger partial charge is 0.364 e. The summed E-state index contributed by atoms with van der Waals surface area (Å²) < 4.78 is 0. The highest BCUT2D eigenvalue weighted by molar-refractivity contribution is 5.49. The summed E-state index contributed by atoms with van der Waals surface area (Å²) in [6.07, 6.45) is 2.42. The van der Waals surface area contributed by atoms with Crippen LogP contribution >= 0.6 is 0 Å². The summed E-state index contributed by atoms with van der Waals surface area (Å²) in [4.78, 5) is 4.89. The SMILES string of the molecule is CCN(c1ccccc1)C1(CN)CCCN(C)C1. The van der Waals surface area contributed by atoms with Crippen molar-refractivity contribution in [3.63, 3.8) is 0 Å². The molecule has 0 saturated carbocycles. The van der Waals surface area contributed by atoms with Crippen LogP contribution in [-0.4, -0.2) is 43.7 Å². The van der Waals surface area contributed by atoms with E-state index in [-0.39, 0.29) is 5.54 Å². The quantitative estimate of drug-likeness (QED) is 0.882. The molecule has 1 heterocycles. The Kier molecular flexibility index (Phi) is 4.25. The van der Waals surface area contributed by atoms with Gasteiger partial charge in [0.15, 0.2) is 0 Å². The van der Waals surface area contributed by atoms with E-state index in [1.165, 1.54) is 25.1 Å². The minimum absolute atomic E-state index is 0.100. The zero-order valence-corrected chi connectivity index (χ0v) is 11.6. The molecular weight excluding hydrogens is 222 g/mol. The molecule has 1 aliphatic heterocycles. The van der Waals surface area contributed by atoms with Crippen LogP contribution in [0.25, 0.3) is 0 Å². The van der Waals surface area contributed by atoms with Gasteiger partial charge in [0.25, 0.3) is 0 Å². The van der Waals surface area contributed by atoms with E-state index in [0.29, 0.717) is 0 Å². The molecule has 2 N–H and O–H groups in total. The fourth-order valence-electron chi connectivity index (χ4n) is 3.24. The Hall–Kier alpha value is -1.06. The minimum Gasteiger partial charge on any atom is -0.364 e. The molecule has 18 heavy (non-hydrogen) atoms. The fraction of sp³-hybridized carbons (Fsp3) is 0.600. The number of likely N-dealkylation sites (N-methyl/N-ethyl adjacent to an activating group) is 2. The van der Waals surface area contributed by atoms with Crippen LogP contribution in [0.4, 0.5) is 5.69 Å². The number of benzene rings is 1. The van der Waals surface area contributed by atoms with Gasteiger partial charge in [-0.15, -0.1) is 0 Å². The molecule has 1 saturated heterocycles. The van der Waals surface area contributed by atoms with Crippen LogP contribution in [-0.2, 0) is 0 Å². The second kappa shape index (κ2) is 5.72. The molecule has 0 radical (unpaired) electrons. The summed E-state index contributed by atoms with van der Waals surface area (Å²) in [7, 11) is 2.20. The molecular formula is C15H25N3. The van der Waals surface area contributed by atoms with Gasteiger partial charge in [0.1, 0.15) is 0 Å². The normalized spacial score (nSPS) is 25.1. The average Bonchev–Trinajstić information content (AvgIpc) is 2.41. The van der Waals surface area contributed by atoms with Crippen molar-refractivity contribution in [2.75, 3.05) is 38.1 Å². The standard InChI is InChI=1S/C15H25N3/c1-3-18(14-8-5-4-6-9-14)15(12-16)10-7-11-17(2)13-15/h4-6,8-9H,3,7,10-13,16H2,1-2H3. The summed E-state index contributed by atoms with van der Waals surface area (Å²) in [6.45, 7) is 6.20. The number of nitrogens with zero attached hydrogens (tertiary/aromatic N) is 2. The summed E-state index contributed by atoms with van der Waals surface area (Å²) >= 11 is 0. The highest BCUT2D eigenvalue weighted by Gasteiger charge is 2.38. The molecule has 0 aromatic heterocycles. The molecule has 0 spiro atoms. The Bertz CT molecular complexity index is 365. The smallest absolute Gasteiger partial charge is 0.0650 e. The van der Waals surface area contributed by atoms with E-state index >= 15 is 0 Å². The van der Waals surface area contributed by atoms with E-state index in [4.69, 9.17) is 5.73 Å². The van der Waals surface area contributed by atoms with Crippen LogP contribution < -0.4 is 10.6 Å². The molecule has 1 aliphatic rings. The van der Waals surface area contributed by atoms with Crippen LogP contribution in [0.1, 0.15) is 19.8 Å². The van der Waals surface area contributed by atoms with Gasteiger partial charge in [0.2, 0.25) is 0 Å². The predicted octanol–water partition coefficient (Wildman–Crippen LogP) is 1.94. The number of anilines is 1. The first-order chi connectivity index (χ1) is 8.72. The van der Waals surface area contributed by atoms with Gasteiger partial charge < -0.3 is 15.5 Å². The van der Waals surface area contributed by atoms with Crippen LogP contribution in [0.5, 0.6) is 0 Å². The fourth-order valence-corrected chi connectivity index (χ4v) is 3.24. The Labute approximate surface area is 111 Å². The summed E-state index contributed by atoms with van der Waals surface area (Å²) in [5, 5.41) is 0. The van der Waals surface area contributed by atoms with Gasteiger partial charge in [-0.1, -0.05) is 18.2 Å². The third-order valence-electron chi connectivity index (χ3n) is 4.08. The molecule has 0 amide bonds. The molecule has 1 fully saturated rings. The first-order valence-electron chi connectivity index (χ1n) is 6.93. The molecule has 2 rings (SSSR count). The number of rotatable bonds is 4. The van der Waals surface area contributed by atoms with Crippen LogP contribution in [0.2, 0.25) is 0 Å². The number of hydrogen-bond donors (Lipinski definition) is 1. The first kappa shape index (κ1) is 13.4. The van der Waals surface area contributed by atoms with Crippen molar-refractivity contribution in [1.82, 2.24) is 4.90 Å². The third kappa shape index (κ3) is 2.52. The van der Waals surface area contributed by atoms with E-state index < -0.39 is 0 Å². The van der Waals surface area contributed by atoms with Gasteiger partial charge in [-0.05, 0) is 45.5 Å². The number of hydrogen-bond acceptors (Lipinski definition) is 3. The van der Waals surface area contributed by atoms with Crippen LogP contribution in [0.15, 0.2) is 30.3 Å². The number of para-hydroxylation sites is 1. The van der Waals surface area contributed by atoms with Crippen molar-refractivity contribution >= 4 is 5.69 Å². The second-order valence-corrected chi connectivity index (χ2v) is 5.35. The lowest BCUT2D eigenvalue weighted by molar-refractivity contribution is 0.175. The van der Waals surface area contributed by atoms with Crippen molar-refractivity contribution in [2.45, 2.75) is 25.3 Å². The Balaban J connectivity index is 2.29. The lowest BCUT2D eigenvalue weighted by atomic mass is 9.86. The maximum Gasteiger partial charge on any atom is 0.0650 e. The Morgan fingerprint density at radius 1 is 1.33 bits per heavy atom. The van der Waals surface area contributed by atoms with Crippen molar-refractivity contribution in [1.29, 1.82) is 0 Å². The van der Waals surface area contributed by atoms with Gasteiger partial charge >= 0.3 is 0 Å². The van der Waals surface area contributed by atoms with Gasteiger partial charge in [0, 0.05) is 25.3 Å². The van der Waals surface area contributed by atoms with E-state index in [9.17, 15) is 0 Å². The zero-order chi connectivity index (χ0) is 13.0. The number of nitrogens with two attached hydrogens (primary N) is 1. The lowest BCUT2D eigenvalue weighted by Crippen LogP contribution is -2.62. The van der Waals surface area contributed by atoms with Gasteiger partial charge in [0.05, 0.1) is 5.54 Å². The second-order valence-electron chi connectivity index (χ2n) is 5.35. The van der Waals surface area contributed by atoms with E-state index in [2.05, 4.69) is 54.1 Å². The molecule has 1 aromatic rings. The highest BCUT2D eigenvalue weighted by atomic mass is 15.3. The van der Waals surface area contributed by atoms with Crippen molar-refractivity contribution in [2.24, 2.45) is 5.73 Å². The molecule has 3 heteroatoms. The summed E-state index contributed by atoms with van der Waals surface area (Å²) in [6, 6.07) is 10.7. The molecule has 0 bridgehead atoms. The minimum atomic E-state index is 0.100. The maximum atomic E-state index is 6.15. The third-order valence-corrected chi connectivity index (χ3v) is 4.08. The summed E-state index contributed by atoms with van der Waals surface area (Å²) in [5.41, 5.74) is 7.54. The van der Waals surface area contributed by atoms with E-state index in [1.54, 1.807) is 0 Å². The lowest BCUT2D eigenvalue weighted by Gasteiger charge is -2.49. The Morgan fingerprint density at radius 2 is 2.06 bits per heavy atom. The summed E-state index contributed by atoms with van der Waals surface area (Å²) in [5.74, 6) is 0. The maximum absolute atomic E-state index is 6.15. The predicted molar refractivity (Wildman–Crippen MR) is 78.0 cm³/mol. The number of piperidine rings is 1. The van der Waals surface area contributed by atoms with Gasteiger partial charge in [-0.2, -0.15) is 0 Å². The number of likely N-dealkylation sites (tertiary alicyclic amines) is 1. The topological polar surface area (TPSA) is 32.5 Å². The molecule has 1 atom stereocenters. The average molecular weight is 247 g/mol. The highest BCUT2D eigenvalue weighted by Crippen LogP contribution is 2.30. The molecule has 100 valence electrons. The monoisotopic (exact) mass is 247 g/mol.